The molecule has 2 heterocycles. The van der Waals surface area contributed by atoms with Crippen LogP contribution in [0, 0.1) is 11.7 Å². The van der Waals surface area contributed by atoms with Crippen molar-refractivity contribution in [1.82, 2.24) is 0 Å². The van der Waals surface area contributed by atoms with Gasteiger partial charge >= 0.3 is 0 Å². The number of carbonyl (C=O) groups excluding carboxylic acids is 2. The van der Waals surface area contributed by atoms with Gasteiger partial charge in [0.25, 0.3) is 0 Å². The third-order valence-corrected chi connectivity index (χ3v) is 4.99. The zero-order valence-electron chi connectivity index (χ0n) is 12.8. The number of ketones is 2. The number of ether oxygens (including phenoxy) is 2. The van der Waals surface area contributed by atoms with Gasteiger partial charge in [-0.1, -0.05) is 0 Å². The van der Waals surface area contributed by atoms with Gasteiger partial charge in [-0.05, 0) is 50.3 Å². The minimum absolute atomic E-state index is 0.0926. The fourth-order valence-corrected chi connectivity index (χ4v) is 3.79. The molecule has 3 atom stereocenters. The second-order valence-electron chi connectivity index (χ2n) is 6.40. The molecule has 0 radical (unpaired) electrons. The second-order valence-corrected chi connectivity index (χ2v) is 6.40. The number of halogens is 1. The Labute approximate surface area is 132 Å². The zero-order valence-corrected chi connectivity index (χ0v) is 12.8. The molecule has 1 aliphatic carbocycles. The van der Waals surface area contributed by atoms with Crippen molar-refractivity contribution in [2.75, 3.05) is 6.61 Å². The molecule has 1 aromatic carbocycles. The smallest absolute Gasteiger partial charge is 0.200 e. The summed E-state index contributed by atoms with van der Waals surface area (Å²) >= 11 is 0. The topological polar surface area (TPSA) is 52.6 Å². The Morgan fingerprint density at radius 2 is 2.00 bits per heavy atom. The fraction of sp³-hybridized carbons (Fsp3) is 0.333. The van der Waals surface area contributed by atoms with Crippen LogP contribution in [-0.4, -0.2) is 29.4 Å². The van der Waals surface area contributed by atoms with E-state index in [9.17, 15) is 14.0 Å². The van der Waals surface area contributed by atoms with Crippen molar-refractivity contribution >= 4 is 17.3 Å². The van der Waals surface area contributed by atoms with Crippen molar-refractivity contribution in [2.45, 2.75) is 25.0 Å². The van der Waals surface area contributed by atoms with Crippen molar-refractivity contribution in [3.8, 4) is 0 Å². The lowest BCUT2D eigenvalue weighted by Crippen LogP contribution is -2.48. The molecule has 0 bridgehead atoms. The van der Waals surface area contributed by atoms with E-state index < -0.39 is 17.1 Å². The number of Topliss-reactive ketones (excluding diaryl/α,β-unsaturated/α-hetero) is 1. The van der Waals surface area contributed by atoms with E-state index in [-0.39, 0.29) is 24.0 Å². The van der Waals surface area contributed by atoms with E-state index in [2.05, 4.69) is 0 Å². The number of hydrogen-bond donors (Lipinski definition) is 0. The van der Waals surface area contributed by atoms with E-state index in [1.165, 1.54) is 25.1 Å². The number of benzene rings is 1. The molecule has 3 aliphatic rings. The monoisotopic (exact) mass is 314 g/mol. The molecule has 1 fully saturated rings. The number of allylic oxidation sites excluding steroid dienone is 1. The maximum atomic E-state index is 13.2. The van der Waals surface area contributed by atoms with Crippen molar-refractivity contribution in [2.24, 2.45) is 5.92 Å². The van der Waals surface area contributed by atoms with Crippen LogP contribution in [0.15, 0.2) is 42.0 Å². The first-order valence-electron chi connectivity index (χ1n) is 7.45. The molecule has 23 heavy (non-hydrogen) atoms. The molecule has 2 aliphatic heterocycles. The maximum absolute atomic E-state index is 13.2. The minimum Gasteiger partial charge on any atom is -0.475 e. The molecule has 1 aromatic rings. The molecule has 0 aromatic heterocycles. The molecule has 0 saturated carbocycles. The van der Waals surface area contributed by atoms with Gasteiger partial charge in [0.2, 0.25) is 0 Å². The maximum Gasteiger partial charge on any atom is 0.200 e. The van der Waals surface area contributed by atoms with Gasteiger partial charge < -0.3 is 9.47 Å². The quantitative estimate of drug-likeness (QED) is 0.841. The lowest BCUT2D eigenvalue weighted by molar-refractivity contribution is -0.135. The average molecular weight is 314 g/mol. The highest BCUT2D eigenvalue weighted by Gasteiger charge is 2.67. The summed E-state index contributed by atoms with van der Waals surface area (Å²) in [6, 6.07) is 5.71. The molecule has 1 saturated heterocycles. The van der Waals surface area contributed by atoms with E-state index in [4.69, 9.17) is 9.47 Å². The van der Waals surface area contributed by atoms with Crippen LogP contribution in [0.3, 0.4) is 0 Å². The van der Waals surface area contributed by atoms with Crippen molar-refractivity contribution in [1.29, 1.82) is 0 Å². The summed E-state index contributed by atoms with van der Waals surface area (Å²) < 4.78 is 25.0. The molecule has 0 N–H and O–H groups in total. The standard InChI is InChI=1S/C18H15FO4/c1-10(20)18-9-22-17(2)8-7-13(21)14(16(17)18)15(23-18)11-3-5-12(19)6-4-11/h3-8,16H,9H2,1-2H3/t16-,17+,18-/m1/s1. The Kier molecular flexibility index (Phi) is 2.73. The van der Waals surface area contributed by atoms with Gasteiger partial charge in [0.05, 0.1) is 23.7 Å². The molecular formula is C18H15FO4. The molecule has 118 valence electrons. The van der Waals surface area contributed by atoms with E-state index in [0.717, 1.165) is 0 Å². The Morgan fingerprint density at radius 3 is 2.65 bits per heavy atom. The predicted molar refractivity (Wildman–Crippen MR) is 79.8 cm³/mol. The highest BCUT2D eigenvalue weighted by atomic mass is 19.1. The highest BCUT2D eigenvalue weighted by molar-refractivity contribution is 6.13. The molecule has 4 rings (SSSR count). The van der Waals surface area contributed by atoms with Gasteiger partial charge in [-0.25, -0.2) is 4.39 Å². The van der Waals surface area contributed by atoms with E-state index in [0.29, 0.717) is 16.9 Å². The number of hydrogen-bond acceptors (Lipinski definition) is 4. The number of rotatable bonds is 2. The summed E-state index contributed by atoms with van der Waals surface area (Å²) in [5.74, 6) is -0.870. The van der Waals surface area contributed by atoms with Crippen LogP contribution in [0.4, 0.5) is 4.39 Å². The Morgan fingerprint density at radius 1 is 1.30 bits per heavy atom. The minimum atomic E-state index is -1.19. The van der Waals surface area contributed by atoms with Gasteiger partial charge in [-0.3, -0.25) is 9.59 Å². The second kappa shape index (κ2) is 4.38. The first kappa shape index (κ1) is 14.3. The predicted octanol–water partition coefficient (Wildman–Crippen LogP) is 2.44. The largest absolute Gasteiger partial charge is 0.475 e. The van der Waals surface area contributed by atoms with Crippen molar-refractivity contribution < 1.29 is 23.5 Å². The highest BCUT2D eigenvalue weighted by Crippen LogP contribution is 2.56. The summed E-state index contributed by atoms with van der Waals surface area (Å²) in [6.45, 7) is 3.39. The molecule has 4 nitrogen and oxygen atoms in total. The van der Waals surface area contributed by atoms with Gasteiger partial charge in [0, 0.05) is 5.56 Å². The Bertz CT molecular complexity index is 792. The van der Waals surface area contributed by atoms with E-state index >= 15 is 0 Å². The van der Waals surface area contributed by atoms with Crippen LogP contribution in [0.1, 0.15) is 19.4 Å². The van der Waals surface area contributed by atoms with E-state index in [1.807, 2.05) is 6.92 Å². The van der Waals surface area contributed by atoms with Crippen LogP contribution in [0.5, 0.6) is 0 Å². The average Bonchev–Trinajstić information content (AvgIpc) is 3.02. The lowest BCUT2D eigenvalue weighted by atomic mass is 9.70. The molecule has 0 amide bonds. The first-order valence-corrected chi connectivity index (χ1v) is 7.45. The number of carbonyl (C=O) groups is 2. The first-order chi connectivity index (χ1) is 10.9. The van der Waals surface area contributed by atoms with Crippen LogP contribution in [0.2, 0.25) is 0 Å². The Balaban J connectivity index is 1.95. The molecule has 5 heteroatoms. The van der Waals surface area contributed by atoms with Gasteiger partial charge in [0.15, 0.2) is 17.2 Å². The SMILES string of the molecule is CC(=O)[C@@]12CO[C@@]3(C)C=CC(=O)C(=C(c4ccc(F)cc4)O1)[C@H]32. The third-order valence-electron chi connectivity index (χ3n) is 4.99. The van der Waals surface area contributed by atoms with Crippen molar-refractivity contribution in [3.63, 3.8) is 0 Å². The summed E-state index contributed by atoms with van der Waals surface area (Å²) in [6.07, 6.45) is 3.16. The van der Waals surface area contributed by atoms with Gasteiger partial charge in [-0.15, -0.1) is 0 Å². The van der Waals surface area contributed by atoms with Crippen molar-refractivity contribution in [3.05, 3.63) is 53.4 Å². The fourth-order valence-electron chi connectivity index (χ4n) is 3.79. The lowest BCUT2D eigenvalue weighted by Gasteiger charge is -2.32. The Hall–Kier alpha value is -2.27. The van der Waals surface area contributed by atoms with Crippen LogP contribution in [-0.2, 0) is 19.1 Å². The molecule has 0 unspecified atom stereocenters. The normalized spacial score (nSPS) is 34.6. The van der Waals surface area contributed by atoms with Crippen LogP contribution >= 0.6 is 0 Å². The summed E-state index contributed by atoms with van der Waals surface area (Å²) in [5, 5.41) is 0. The third kappa shape index (κ3) is 1.74. The molecule has 0 spiro atoms. The van der Waals surface area contributed by atoms with Gasteiger partial charge in [-0.2, -0.15) is 0 Å². The summed E-state index contributed by atoms with van der Waals surface area (Å²) in [7, 11) is 0. The van der Waals surface area contributed by atoms with Crippen LogP contribution < -0.4 is 0 Å². The summed E-state index contributed by atoms with van der Waals surface area (Å²) in [4.78, 5) is 24.8. The van der Waals surface area contributed by atoms with Crippen LogP contribution in [0.25, 0.3) is 5.76 Å². The molecular weight excluding hydrogens is 299 g/mol. The zero-order chi connectivity index (χ0) is 16.4. The van der Waals surface area contributed by atoms with E-state index in [1.54, 1.807) is 18.2 Å². The van der Waals surface area contributed by atoms with Gasteiger partial charge in [0.1, 0.15) is 11.6 Å². The summed E-state index contributed by atoms with van der Waals surface area (Å²) in [5.41, 5.74) is -0.915.